The van der Waals surface area contributed by atoms with E-state index in [4.69, 9.17) is 18.9 Å². The Labute approximate surface area is 186 Å². The van der Waals surface area contributed by atoms with Gasteiger partial charge in [0.25, 0.3) is 0 Å². The van der Waals surface area contributed by atoms with Crippen molar-refractivity contribution in [3.05, 3.63) is 45.7 Å². The zero-order valence-electron chi connectivity index (χ0n) is 18.7. The Balaban J connectivity index is 1.79. The SMILES string of the molecule is CCOC1CC2(Cc3cc(OCCCOC)c(OC)cc3-c3cc(=O)c(C(=O)O)cn32)C1. The molecule has 2 aliphatic rings. The summed E-state index contributed by atoms with van der Waals surface area (Å²) in [6.45, 7) is 3.70. The number of benzene rings is 1. The van der Waals surface area contributed by atoms with Crippen molar-refractivity contribution in [3.8, 4) is 22.8 Å². The molecule has 1 N–H and O–H groups in total. The zero-order valence-corrected chi connectivity index (χ0v) is 18.7. The molecular weight excluding hydrogens is 414 g/mol. The van der Waals surface area contributed by atoms with E-state index in [2.05, 4.69) is 0 Å². The predicted molar refractivity (Wildman–Crippen MR) is 118 cm³/mol. The smallest absolute Gasteiger partial charge is 0.341 e. The molecule has 0 unspecified atom stereocenters. The maximum Gasteiger partial charge on any atom is 0.341 e. The molecule has 4 rings (SSSR count). The van der Waals surface area contributed by atoms with Crippen LogP contribution in [0.15, 0.2) is 29.2 Å². The standard InChI is InChI=1S/C24H29NO7/c1-4-31-16-12-24(13-16)11-15-8-22(32-7-5-6-29-2)21(30-3)9-17(15)19-10-20(26)18(23(27)28)14-25(19)24/h8-10,14,16H,4-7,11-13H2,1-3H3,(H,27,28). The van der Waals surface area contributed by atoms with Gasteiger partial charge in [0.05, 0.1) is 31.1 Å². The fourth-order valence-electron chi connectivity index (χ4n) is 4.86. The van der Waals surface area contributed by atoms with Gasteiger partial charge in [-0.1, -0.05) is 0 Å². The minimum Gasteiger partial charge on any atom is -0.493 e. The number of fused-ring (bicyclic) bond motifs is 4. The molecule has 1 aromatic heterocycles. The van der Waals surface area contributed by atoms with Gasteiger partial charge < -0.3 is 28.6 Å². The molecule has 1 fully saturated rings. The van der Waals surface area contributed by atoms with Crippen LogP contribution in [0.1, 0.15) is 42.1 Å². The summed E-state index contributed by atoms with van der Waals surface area (Å²) < 4.78 is 24.4. The molecule has 8 nitrogen and oxygen atoms in total. The Hall–Kier alpha value is -2.84. The molecule has 32 heavy (non-hydrogen) atoms. The summed E-state index contributed by atoms with van der Waals surface area (Å²) in [5, 5.41) is 9.52. The molecular formula is C24H29NO7. The Morgan fingerprint density at radius 2 is 1.97 bits per heavy atom. The number of pyridine rings is 1. The summed E-state index contributed by atoms with van der Waals surface area (Å²) in [5.74, 6) is -0.000294. The lowest BCUT2D eigenvalue weighted by Crippen LogP contribution is -2.54. The summed E-state index contributed by atoms with van der Waals surface area (Å²) in [6, 6.07) is 5.28. The highest BCUT2D eigenvalue weighted by molar-refractivity contribution is 5.88. The molecule has 0 atom stereocenters. The van der Waals surface area contributed by atoms with Gasteiger partial charge in [0.1, 0.15) is 5.56 Å². The number of aromatic carboxylic acids is 1. The van der Waals surface area contributed by atoms with Crippen molar-refractivity contribution in [2.24, 2.45) is 0 Å². The highest BCUT2D eigenvalue weighted by Crippen LogP contribution is 2.51. The number of rotatable bonds is 9. The number of ether oxygens (including phenoxy) is 4. The molecule has 0 radical (unpaired) electrons. The largest absolute Gasteiger partial charge is 0.493 e. The number of hydrogen-bond acceptors (Lipinski definition) is 6. The van der Waals surface area contributed by atoms with Crippen LogP contribution in [0, 0.1) is 0 Å². The maximum atomic E-state index is 12.6. The second-order valence-electron chi connectivity index (χ2n) is 8.35. The van der Waals surface area contributed by atoms with Gasteiger partial charge in [0.15, 0.2) is 16.9 Å². The fourth-order valence-corrected chi connectivity index (χ4v) is 4.86. The van der Waals surface area contributed by atoms with Crippen molar-refractivity contribution >= 4 is 5.97 Å². The molecule has 1 aliphatic carbocycles. The van der Waals surface area contributed by atoms with Crippen molar-refractivity contribution < 1.29 is 28.8 Å². The highest BCUT2D eigenvalue weighted by atomic mass is 16.5. The lowest BCUT2D eigenvalue weighted by atomic mass is 9.67. The molecule has 1 spiro atoms. The van der Waals surface area contributed by atoms with Crippen molar-refractivity contribution in [2.45, 2.75) is 44.2 Å². The van der Waals surface area contributed by atoms with E-state index in [-0.39, 0.29) is 17.2 Å². The Morgan fingerprint density at radius 3 is 2.62 bits per heavy atom. The van der Waals surface area contributed by atoms with Crippen LogP contribution >= 0.6 is 0 Å². The molecule has 2 heterocycles. The topological polar surface area (TPSA) is 96.2 Å². The monoisotopic (exact) mass is 443 g/mol. The first-order valence-electron chi connectivity index (χ1n) is 10.9. The van der Waals surface area contributed by atoms with E-state index in [0.29, 0.717) is 43.4 Å². The Morgan fingerprint density at radius 1 is 1.19 bits per heavy atom. The van der Waals surface area contributed by atoms with Crippen LogP contribution < -0.4 is 14.9 Å². The van der Waals surface area contributed by atoms with Gasteiger partial charge in [-0.05, 0) is 43.9 Å². The number of hydrogen-bond donors (Lipinski definition) is 1. The predicted octanol–water partition coefficient (Wildman–Crippen LogP) is 3.09. The molecule has 8 heteroatoms. The molecule has 0 amide bonds. The van der Waals surface area contributed by atoms with E-state index in [1.54, 1.807) is 14.2 Å². The van der Waals surface area contributed by atoms with Crippen LogP contribution in [-0.4, -0.2) is 55.8 Å². The minimum atomic E-state index is -1.22. The molecule has 0 saturated heterocycles. The first-order valence-corrected chi connectivity index (χ1v) is 10.9. The molecule has 0 bridgehead atoms. The zero-order chi connectivity index (χ0) is 22.9. The lowest BCUT2D eigenvalue weighted by Gasteiger charge is -2.52. The number of methoxy groups -OCH3 is 2. The second-order valence-corrected chi connectivity index (χ2v) is 8.35. The second kappa shape index (κ2) is 8.96. The van der Waals surface area contributed by atoms with Gasteiger partial charge in [0.2, 0.25) is 0 Å². The van der Waals surface area contributed by atoms with Crippen LogP contribution in [0.5, 0.6) is 11.5 Å². The number of aromatic nitrogens is 1. The third-order valence-corrected chi connectivity index (χ3v) is 6.35. The van der Waals surface area contributed by atoms with Crippen LogP contribution in [0.3, 0.4) is 0 Å². The number of nitrogens with zero attached hydrogens (tertiary/aromatic N) is 1. The summed E-state index contributed by atoms with van der Waals surface area (Å²) >= 11 is 0. The first-order chi connectivity index (χ1) is 15.4. The number of carboxylic acids is 1. The van der Waals surface area contributed by atoms with Gasteiger partial charge >= 0.3 is 5.97 Å². The van der Waals surface area contributed by atoms with Crippen LogP contribution in [-0.2, 0) is 21.4 Å². The average Bonchev–Trinajstić information content (AvgIpc) is 2.74. The van der Waals surface area contributed by atoms with Crippen molar-refractivity contribution in [1.29, 1.82) is 0 Å². The highest BCUT2D eigenvalue weighted by Gasteiger charge is 2.49. The average molecular weight is 443 g/mol. The Kier molecular flexibility index (Phi) is 6.26. The van der Waals surface area contributed by atoms with Crippen LogP contribution in [0.2, 0.25) is 0 Å². The van der Waals surface area contributed by atoms with E-state index in [9.17, 15) is 14.7 Å². The normalized spacial score (nSPS) is 20.9. The van der Waals surface area contributed by atoms with Crippen LogP contribution in [0.4, 0.5) is 0 Å². The van der Waals surface area contributed by atoms with E-state index in [1.165, 1.54) is 12.3 Å². The summed E-state index contributed by atoms with van der Waals surface area (Å²) in [5.41, 5.74) is 1.53. The third kappa shape index (κ3) is 3.89. The van der Waals surface area contributed by atoms with E-state index >= 15 is 0 Å². The Bertz CT molecular complexity index is 1070. The minimum absolute atomic E-state index is 0.116. The number of carboxylic acid groups (broad SMARTS) is 1. The van der Waals surface area contributed by atoms with Gasteiger partial charge in [-0.25, -0.2) is 4.79 Å². The third-order valence-electron chi connectivity index (χ3n) is 6.35. The van der Waals surface area contributed by atoms with Gasteiger partial charge in [0, 0.05) is 44.6 Å². The van der Waals surface area contributed by atoms with Gasteiger partial charge in [-0.2, -0.15) is 0 Å². The van der Waals surface area contributed by atoms with Gasteiger partial charge in [-0.15, -0.1) is 0 Å². The lowest BCUT2D eigenvalue weighted by molar-refractivity contribution is -0.0697. The van der Waals surface area contributed by atoms with Crippen molar-refractivity contribution in [2.75, 3.05) is 34.0 Å². The summed E-state index contributed by atoms with van der Waals surface area (Å²) in [4.78, 5) is 24.2. The van der Waals surface area contributed by atoms with E-state index in [1.807, 2.05) is 23.6 Å². The van der Waals surface area contributed by atoms with E-state index in [0.717, 1.165) is 30.4 Å². The van der Waals surface area contributed by atoms with Gasteiger partial charge in [-0.3, -0.25) is 4.79 Å². The van der Waals surface area contributed by atoms with Crippen molar-refractivity contribution in [1.82, 2.24) is 4.57 Å². The molecule has 1 aromatic carbocycles. The first kappa shape index (κ1) is 22.4. The molecule has 2 aromatic rings. The molecule has 1 aliphatic heterocycles. The van der Waals surface area contributed by atoms with Crippen molar-refractivity contribution in [3.63, 3.8) is 0 Å². The number of carbonyl (C=O) groups is 1. The molecule has 172 valence electrons. The fraction of sp³-hybridized carbons (Fsp3) is 0.500. The maximum absolute atomic E-state index is 12.6. The summed E-state index contributed by atoms with van der Waals surface area (Å²) in [6.07, 6.45) is 4.57. The summed E-state index contributed by atoms with van der Waals surface area (Å²) in [7, 11) is 3.23. The quantitative estimate of drug-likeness (QED) is 0.595. The van der Waals surface area contributed by atoms with Crippen LogP contribution in [0.25, 0.3) is 11.3 Å². The molecule has 1 saturated carbocycles. The van der Waals surface area contributed by atoms with E-state index < -0.39 is 11.4 Å².